The number of anilines is 1. The zero-order valence-corrected chi connectivity index (χ0v) is 24.0. The van der Waals surface area contributed by atoms with Crippen molar-refractivity contribution in [1.82, 2.24) is 22.5 Å². The minimum Gasteiger partial charge on any atom is -0.324 e. The molecule has 3 aromatic rings. The smallest absolute Gasteiger partial charge is 0.324 e. The first-order chi connectivity index (χ1) is 17.9. The van der Waals surface area contributed by atoms with Gasteiger partial charge >= 0.3 is 6.03 Å². The van der Waals surface area contributed by atoms with Crippen molar-refractivity contribution in [3.8, 4) is 0 Å². The molecule has 2 amide bonds. The first kappa shape index (κ1) is 27.1. The average molecular weight is 611 g/mol. The first-order valence-corrected chi connectivity index (χ1v) is 13.6. The number of para-hydroxylation sites is 2. The van der Waals surface area contributed by atoms with Crippen LogP contribution in [-0.4, -0.2) is 54.3 Å². The van der Waals surface area contributed by atoms with Crippen molar-refractivity contribution in [3.05, 3.63) is 89.8 Å². The van der Waals surface area contributed by atoms with Gasteiger partial charge < -0.3 is 4.90 Å². The average Bonchev–Trinajstić information content (AvgIpc) is 3.23. The molecular formula is C29H35IN6O. The molecule has 8 heteroatoms. The lowest BCUT2D eigenvalue weighted by atomic mass is 10.0. The van der Waals surface area contributed by atoms with E-state index < -0.39 is 0 Å². The summed E-state index contributed by atoms with van der Waals surface area (Å²) in [5.41, 5.74) is 6.74. The Balaban J connectivity index is 1.44. The molecule has 0 bridgehead atoms. The zero-order chi connectivity index (χ0) is 26.4. The second-order valence-corrected chi connectivity index (χ2v) is 10.5. The van der Waals surface area contributed by atoms with Crippen molar-refractivity contribution in [3.63, 3.8) is 0 Å². The molecule has 3 heterocycles. The van der Waals surface area contributed by atoms with E-state index in [-0.39, 0.29) is 6.03 Å². The molecule has 194 valence electrons. The van der Waals surface area contributed by atoms with Gasteiger partial charge in [-0.05, 0) is 57.4 Å². The number of nitrogens with zero attached hydrogens (tertiary/aromatic N) is 5. The summed E-state index contributed by atoms with van der Waals surface area (Å²) in [7, 11) is 0. The summed E-state index contributed by atoms with van der Waals surface area (Å²) in [6.07, 6.45) is 9.59. The molecule has 1 aromatic carbocycles. The van der Waals surface area contributed by atoms with Crippen LogP contribution in [0.2, 0.25) is 0 Å². The summed E-state index contributed by atoms with van der Waals surface area (Å²) in [5, 5.41) is 3.01. The Hall–Kier alpha value is -2.98. The third-order valence-electron chi connectivity index (χ3n) is 7.06. The fourth-order valence-corrected chi connectivity index (χ4v) is 5.29. The number of allylic oxidation sites excluding steroid dienone is 4. The van der Waals surface area contributed by atoms with Gasteiger partial charge in [-0.1, -0.05) is 54.2 Å². The van der Waals surface area contributed by atoms with Crippen molar-refractivity contribution in [2.45, 2.75) is 46.2 Å². The van der Waals surface area contributed by atoms with E-state index in [1.807, 2.05) is 50.3 Å². The van der Waals surface area contributed by atoms with E-state index in [2.05, 4.69) is 82.5 Å². The zero-order valence-electron chi connectivity index (χ0n) is 21.8. The molecule has 0 atom stereocenters. The molecule has 0 radical (unpaired) electrons. The Morgan fingerprint density at radius 1 is 1.22 bits per heavy atom. The van der Waals surface area contributed by atoms with Crippen LogP contribution in [0.1, 0.15) is 37.9 Å². The Morgan fingerprint density at radius 3 is 2.68 bits per heavy atom. The lowest BCUT2D eigenvalue weighted by molar-refractivity contribution is 0.122. The number of halogens is 1. The number of amides is 2. The maximum atomic E-state index is 13.1. The molecule has 4 rings (SSSR count). The highest BCUT2D eigenvalue weighted by atomic mass is 127. The van der Waals surface area contributed by atoms with E-state index in [4.69, 9.17) is 0 Å². The van der Waals surface area contributed by atoms with Crippen LogP contribution in [0.15, 0.2) is 78.5 Å². The van der Waals surface area contributed by atoms with E-state index in [9.17, 15) is 4.79 Å². The lowest BCUT2D eigenvalue weighted by Gasteiger charge is -2.39. The van der Waals surface area contributed by atoms with E-state index >= 15 is 0 Å². The minimum atomic E-state index is -0.0970. The number of urea groups is 1. The molecule has 0 aliphatic carbocycles. The minimum absolute atomic E-state index is 0.0970. The molecule has 7 nitrogen and oxygen atoms in total. The van der Waals surface area contributed by atoms with Crippen LogP contribution in [-0.2, 0) is 6.54 Å². The van der Waals surface area contributed by atoms with Gasteiger partial charge in [-0.15, -0.1) is 0 Å². The maximum absolute atomic E-state index is 13.1. The van der Waals surface area contributed by atoms with Crippen molar-refractivity contribution < 1.29 is 4.79 Å². The molecule has 37 heavy (non-hydrogen) atoms. The number of pyridine rings is 1. The summed E-state index contributed by atoms with van der Waals surface area (Å²) < 4.78 is 1.90. The number of hydrogen-bond donors (Lipinski definition) is 1. The Labute approximate surface area is 233 Å². The maximum Gasteiger partial charge on any atom is 0.324 e. The van der Waals surface area contributed by atoms with Crippen LogP contribution in [0.25, 0.3) is 11.0 Å². The number of nitrogens with one attached hydrogen (secondary N) is 1. The van der Waals surface area contributed by atoms with Gasteiger partial charge in [0.25, 0.3) is 0 Å². The topological polar surface area (TPSA) is 66.3 Å². The fourth-order valence-electron chi connectivity index (χ4n) is 4.66. The Bertz CT molecular complexity index is 1320. The molecule has 0 saturated carbocycles. The normalized spacial score (nSPS) is 15.4. The second-order valence-electron chi connectivity index (χ2n) is 9.58. The molecule has 0 spiro atoms. The number of benzene rings is 1. The number of carbonyl (C=O) groups excluding carboxylic acids is 1. The van der Waals surface area contributed by atoms with Crippen LogP contribution in [0.3, 0.4) is 0 Å². The predicted octanol–water partition coefficient (Wildman–Crippen LogP) is 6.51. The molecule has 1 aliphatic rings. The highest BCUT2D eigenvalue weighted by molar-refractivity contribution is 14.1. The highest BCUT2D eigenvalue weighted by Crippen LogP contribution is 2.25. The monoisotopic (exact) mass is 610 g/mol. The van der Waals surface area contributed by atoms with Gasteiger partial charge in [0.1, 0.15) is 0 Å². The second kappa shape index (κ2) is 12.5. The number of carbonyl (C=O) groups is 1. The van der Waals surface area contributed by atoms with E-state index in [1.165, 1.54) is 16.7 Å². The number of likely N-dealkylation sites (tertiary alicyclic amines) is 1. The third-order valence-corrected chi connectivity index (χ3v) is 8.04. The van der Waals surface area contributed by atoms with Crippen LogP contribution in [0.4, 0.5) is 10.7 Å². The fraction of sp³-hybridized carbons (Fsp3) is 0.345. The largest absolute Gasteiger partial charge is 0.324 e. The molecule has 1 fully saturated rings. The van der Waals surface area contributed by atoms with Crippen molar-refractivity contribution in [2.75, 3.05) is 25.0 Å². The molecule has 1 saturated heterocycles. The summed E-state index contributed by atoms with van der Waals surface area (Å²) in [5.74, 6) is 0.560. The van der Waals surface area contributed by atoms with Crippen LogP contribution < -0.4 is 5.32 Å². The van der Waals surface area contributed by atoms with Gasteiger partial charge in [-0.25, -0.2) is 12.6 Å². The van der Waals surface area contributed by atoms with Crippen LogP contribution in [0, 0.1) is 6.92 Å². The van der Waals surface area contributed by atoms with Crippen molar-refractivity contribution in [2.24, 2.45) is 0 Å². The third kappa shape index (κ3) is 6.67. The van der Waals surface area contributed by atoms with Gasteiger partial charge in [0, 0.05) is 38.4 Å². The number of hydrogen-bond acceptors (Lipinski definition) is 4. The van der Waals surface area contributed by atoms with E-state index in [1.54, 1.807) is 6.08 Å². The van der Waals surface area contributed by atoms with Gasteiger partial charge in [-0.2, -0.15) is 0 Å². The summed E-state index contributed by atoms with van der Waals surface area (Å²) in [6.45, 7) is 13.3. The number of aromatic nitrogens is 3. The van der Waals surface area contributed by atoms with Crippen molar-refractivity contribution >= 4 is 45.9 Å². The quantitative estimate of drug-likeness (QED) is 0.233. The van der Waals surface area contributed by atoms with Crippen LogP contribution in [0.5, 0.6) is 0 Å². The number of imidazole rings is 1. The van der Waals surface area contributed by atoms with Crippen LogP contribution >= 0.6 is 22.9 Å². The molecule has 1 aliphatic heterocycles. The van der Waals surface area contributed by atoms with E-state index in [0.29, 0.717) is 25.1 Å². The lowest BCUT2D eigenvalue weighted by Crippen LogP contribution is -2.48. The van der Waals surface area contributed by atoms with Gasteiger partial charge in [0.05, 0.1) is 39.6 Å². The summed E-state index contributed by atoms with van der Waals surface area (Å²) in [6, 6.07) is 12.3. The van der Waals surface area contributed by atoms with Gasteiger partial charge in [0.2, 0.25) is 5.95 Å². The Kier molecular flexibility index (Phi) is 9.15. The summed E-state index contributed by atoms with van der Waals surface area (Å²) in [4.78, 5) is 26.8. The number of fused-ring (bicyclic) bond motifs is 1. The summed E-state index contributed by atoms with van der Waals surface area (Å²) >= 11 is 2.18. The molecule has 2 aromatic heterocycles. The highest BCUT2D eigenvalue weighted by Gasteiger charge is 2.28. The van der Waals surface area contributed by atoms with E-state index in [0.717, 1.165) is 42.7 Å². The Morgan fingerprint density at radius 2 is 1.97 bits per heavy atom. The molecule has 1 N–H and O–H groups in total. The SMILES string of the molecule is C=C/C=C\C(C)=C(/C)CN(Cc1ncccc1C)C1CCN(C(=O)Nc2nc3ccccc3n2I)CC1. The van der Waals surface area contributed by atoms with Crippen molar-refractivity contribution in [1.29, 1.82) is 0 Å². The number of rotatable bonds is 8. The number of piperidine rings is 1. The molecular weight excluding hydrogens is 575 g/mol. The molecule has 0 unspecified atom stereocenters. The van der Waals surface area contributed by atoms with Gasteiger partial charge in [0.15, 0.2) is 0 Å². The van der Waals surface area contributed by atoms with Gasteiger partial charge in [-0.3, -0.25) is 15.2 Å². The first-order valence-electron chi connectivity index (χ1n) is 12.7. The standard InChI is InChI=1S/C29H35IN6O/c1-5-6-10-21(2)23(4)19-35(20-26-22(3)11-9-16-31-26)24-14-17-34(18-15-24)29(37)33-28-32-25-12-7-8-13-27(25)36(28)30/h5-13,16,24H,1,14-15,17-20H2,2-4H3,(H,32,33,37)/b10-6-,23-21+. The number of aryl methyl sites for hydroxylation is 1. The predicted molar refractivity (Wildman–Crippen MR) is 160 cm³/mol.